The van der Waals surface area contributed by atoms with Crippen LogP contribution < -0.4 is 15.0 Å². The predicted molar refractivity (Wildman–Crippen MR) is 129 cm³/mol. The quantitative estimate of drug-likeness (QED) is 0.546. The number of anilines is 1. The van der Waals surface area contributed by atoms with Crippen molar-refractivity contribution < 1.29 is 4.74 Å². The van der Waals surface area contributed by atoms with Crippen molar-refractivity contribution >= 4 is 5.69 Å². The number of nitrogens with zero attached hydrogens (tertiary/aromatic N) is 2. The summed E-state index contributed by atoms with van der Waals surface area (Å²) in [5.41, 5.74) is 3.81. The van der Waals surface area contributed by atoms with Gasteiger partial charge in [0, 0.05) is 39.1 Å². The standard InChI is InChI=1S/C27H33N3O/c1-28-17-16-26(24-12-6-3-7-13-24)31-27-15-9-8-14-25(27)30-20-18-29(19-21-30)22-23-10-4-2-5-11-23/h2-15,26,28H,16-22H2,1H3. The number of rotatable bonds is 9. The second-order valence-corrected chi connectivity index (χ2v) is 8.13. The summed E-state index contributed by atoms with van der Waals surface area (Å²) in [6.07, 6.45) is 0.967. The highest BCUT2D eigenvalue weighted by Gasteiger charge is 2.21. The summed E-state index contributed by atoms with van der Waals surface area (Å²) in [4.78, 5) is 5.01. The fourth-order valence-electron chi connectivity index (χ4n) is 4.20. The molecule has 4 rings (SSSR count). The molecule has 0 bridgehead atoms. The number of hydrogen-bond donors (Lipinski definition) is 1. The first-order chi connectivity index (χ1) is 15.3. The van der Waals surface area contributed by atoms with Crippen molar-refractivity contribution in [3.8, 4) is 5.75 Å². The summed E-state index contributed by atoms with van der Waals surface area (Å²) < 4.78 is 6.61. The third-order valence-electron chi connectivity index (χ3n) is 5.92. The summed E-state index contributed by atoms with van der Waals surface area (Å²) in [6, 6.07) is 29.8. The molecule has 1 N–H and O–H groups in total. The second kappa shape index (κ2) is 11.0. The van der Waals surface area contributed by atoms with Crippen LogP contribution in [0.2, 0.25) is 0 Å². The SMILES string of the molecule is CNCCC(Oc1ccccc1N1CCN(Cc2ccccc2)CC1)c1ccccc1. The van der Waals surface area contributed by atoms with Crippen molar-refractivity contribution in [2.75, 3.05) is 44.7 Å². The van der Waals surface area contributed by atoms with Crippen LogP contribution in [0.3, 0.4) is 0 Å². The van der Waals surface area contributed by atoms with Crippen LogP contribution >= 0.6 is 0 Å². The van der Waals surface area contributed by atoms with E-state index in [-0.39, 0.29) is 6.10 Å². The lowest BCUT2D eigenvalue weighted by molar-refractivity contribution is 0.194. The lowest BCUT2D eigenvalue weighted by atomic mass is 10.1. The van der Waals surface area contributed by atoms with Crippen LogP contribution in [0, 0.1) is 0 Å². The van der Waals surface area contributed by atoms with Gasteiger partial charge in [-0.15, -0.1) is 0 Å². The Kier molecular flexibility index (Phi) is 7.59. The highest BCUT2D eigenvalue weighted by molar-refractivity contribution is 5.59. The second-order valence-electron chi connectivity index (χ2n) is 8.13. The minimum Gasteiger partial charge on any atom is -0.484 e. The lowest BCUT2D eigenvalue weighted by Crippen LogP contribution is -2.46. The Morgan fingerprint density at radius 2 is 1.45 bits per heavy atom. The monoisotopic (exact) mass is 415 g/mol. The number of ether oxygens (including phenoxy) is 1. The lowest BCUT2D eigenvalue weighted by Gasteiger charge is -2.37. The highest BCUT2D eigenvalue weighted by atomic mass is 16.5. The molecule has 31 heavy (non-hydrogen) atoms. The number of piperazine rings is 1. The molecule has 3 aromatic carbocycles. The van der Waals surface area contributed by atoms with Crippen LogP contribution in [0.5, 0.6) is 5.75 Å². The van der Waals surface area contributed by atoms with Gasteiger partial charge >= 0.3 is 0 Å². The van der Waals surface area contributed by atoms with Crippen LogP contribution in [-0.2, 0) is 6.54 Å². The van der Waals surface area contributed by atoms with Crippen LogP contribution in [-0.4, -0.2) is 44.7 Å². The summed E-state index contributed by atoms with van der Waals surface area (Å²) in [5, 5.41) is 3.26. The minimum absolute atomic E-state index is 0.0363. The number of nitrogens with one attached hydrogen (secondary N) is 1. The zero-order valence-electron chi connectivity index (χ0n) is 18.4. The van der Waals surface area contributed by atoms with Crippen molar-refractivity contribution in [1.82, 2.24) is 10.2 Å². The molecular formula is C27H33N3O. The minimum atomic E-state index is 0.0363. The number of hydrogen-bond acceptors (Lipinski definition) is 4. The molecule has 0 aliphatic carbocycles. The average molecular weight is 416 g/mol. The Morgan fingerprint density at radius 3 is 2.16 bits per heavy atom. The smallest absolute Gasteiger partial charge is 0.143 e. The van der Waals surface area contributed by atoms with E-state index in [0.717, 1.165) is 51.4 Å². The van der Waals surface area contributed by atoms with E-state index in [1.54, 1.807) is 0 Å². The summed E-state index contributed by atoms with van der Waals surface area (Å²) in [7, 11) is 1.99. The molecule has 0 radical (unpaired) electrons. The van der Waals surface area contributed by atoms with Crippen LogP contribution in [0.4, 0.5) is 5.69 Å². The Bertz CT molecular complexity index is 908. The van der Waals surface area contributed by atoms with E-state index in [1.165, 1.54) is 16.8 Å². The summed E-state index contributed by atoms with van der Waals surface area (Å²) >= 11 is 0. The maximum Gasteiger partial charge on any atom is 0.143 e. The summed E-state index contributed by atoms with van der Waals surface area (Å²) in [6.45, 7) is 6.09. The first-order valence-electron chi connectivity index (χ1n) is 11.3. The van der Waals surface area contributed by atoms with Gasteiger partial charge in [0.05, 0.1) is 5.69 Å². The van der Waals surface area contributed by atoms with Gasteiger partial charge in [-0.3, -0.25) is 4.90 Å². The van der Waals surface area contributed by atoms with Gasteiger partial charge in [0.2, 0.25) is 0 Å². The summed E-state index contributed by atoms with van der Waals surface area (Å²) in [5.74, 6) is 0.976. The Labute approximate surface area is 186 Å². The molecule has 1 fully saturated rings. The molecule has 3 aromatic rings. The zero-order chi connectivity index (χ0) is 21.3. The molecule has 0 aromatic heterocycles. The van der Waals surface area contributed by atoms with Gasteiger partial charge in [-0.25, -0.2) is 0 Å². The molecule has 1 unspecified atom stereocenters. The van der Waals surface area contributed by atoms with Gasteiger partial charge in [0.25, 0.3) is 0 Å². The predicted octanol–water partition coefficient (Wildman–Crippen LogP) is 4.74. The van der Waals surface area contributed by atoms with Crippen molar-refractivity contribution in [3.05, 3.63) is 96.1 Å². The van der Waals surface area contributed by atoms with E-state index >= 15 is 0 Å². The van der Waals surface area contributed by atoms with Gasteiger partial charge in [0.1, 0.15) is 11.9 Å². The molecule has 1 saturated heterocycles. The van der Waals surface area contributed by atoms with Crippen molar-refractivity contribution in [1.29, 1.82) is 0 Å². The number of para-hydroxylation sites is 2. The van der Waals surface area contributed by atoms with Gasteiger partial charge in [0.15, 0.2) is 0 Å². The Morgan fingerprint density at radius 1 is 0.806 bits per heavy atom. The fourth-order valence-corrected chi connectivity index (χ4v) is 4.20. The molecule has 162 valence electrons. The van der Waals surface area contributed by atoms with E-state index < -0.39 is 0 Å². The highest BCUT2D eigenvalue weighted by Crippen LogP contribution is 2.33. The van der Waals surface area contributed by atoms with E-state index in [9.17, 15) is 0 Å². The largest absolute Gasteiger partial charge is 0.484 e. The third-order valence-corrected chi connectivity index (χ3v) is 5.92. The first-order valence-corrected chi connectivity index (χ1v) is 11.3. The van der Waals surface area contributed by atoms with Crippen LogP contribution in [0.15, 0.2) is 84.9 Å². The van der Waals surface area contributed by atoms with Crippen LogP contribution in [0.25, 0.3) is 0 Å². The molecule has 1 heterocycles. The van der Waals surface area contributed by atoms with Gasteiger partial charge in [-0.2, -0.15) is 0 Å². The molecule has 1 aliphatic heterocycles. The third kappa shape index (κ3) is 5.87. The normalized spacial score (nSPS) is 15.6. The molecule has 1 aliphatic rings. The fraction of sp³-hybridized carbons (Fsp3) is 0.333. The topological polar surface area (TPSA) is 27.7 Å². The molecule has 4 nitrogen and oxygen atoms in total. The van der Waals surface area contributed by atoms with Gasteiger partial charge in [-0.1, -0.05) is 72.8 Å². The van der Waals surface area contributed by atoms with Crippen molar-refractivity contribution in [3.63, 3.8) is 0 Å². The van der Waals surface area contributed by atoms with Crippen LogP contribution in [0.1, 0.15) is 23.7 Å². The maximum absolute atomic E-state index is 6.61. The van der Waals surface area contributed by atoms with E-state index in [1.807, 2.05) is 7.05 Å². The molecule has 4 heteroatoms. The number of benzene rings is 3. The van der Waals surface area contributed by atoms with Gasteiger partial charge < -0.3 is 15.0 Å². The maximum atomic E-state index is 6.61. The van der Waals surface area contributed by atoms with E-state index in [4.69, 9.17) is 4.74 Å². The first kappa shape index (κ1) is 21.4. The molecule has 0 saturated carbocycles. The average Bonchev–Trinajstić information content (AvgIpc) is 2.84. The van der Waals surface area contributed by atoms with E-state index in [0.29, 0.717) is 0 Å². The molecular weight excluding hydrogens is 382 g/mol. The van der Waals surface area contributed by atoms with Gasteiger partial charge in [-0.05, 0) is 36.9 Å². The van der Waals surface area contributed by atoms with E-state index in [2.05, 4.69) is 100 Å². The zero-order valence-corrected chi connectivity index (χ0v) is 18.4. The van der Waals surface area contributed by atoms with Crippen molar-refractivity contribution in [2.24, 2.45) is 0 Å². The molecule has 0 amide bonds. The van der Waals surface area contributed by atoms with Crippen molar-refractivity contribution in [2.45, 2.75) is 19.1 Å². The Hall–Kier alpha value is -2.82. The molecule has 1 atom stereocenters. The molecule has 0 spiro atoms. The Balaban J connectivity index is 1.43.